The number of nitriles is 1. The first-order valence-corrected chi connectivity index (χ1v) is 12.8. The summed E-state index contributed by atoms with van der Waals surface area (Å²) in [5.41, 5.74) is 5.66. The van der Waals surface area contributed by atoms with Gasteiger partial charge >= 0.3 is 0 Å². The average molecular weight is 524 g/mol. The molecule has 0 aliphatic carbocycles. The number of hydrogen-bond donors (Lipinski definition) is 2. The van der Waals surface area contributed by atoms with Gasteiger partial charge in [0, 0.05) is 12.0 Å². The molecule has 4 aromatic rings. The number of hydrogen-bond acceptors (Lipinski definition) is 5. The first-order valence-electron chi connectivity index (χ1n) is 12.8. The van der Waals surface area contributed by atoms with Crippen molar-refractivity contribution in [1.82, 2.24) is 5.32 Å². The van der Waals surface area contributed by atoms with E-state index in [4.69, 9.17) is 25.3 Å². The minimum atomic E-state index is -1.50. The molecule has 0 aliphatic rings. The molecule has 0 aromatic heterocycles. The van der Waals surface area contributed by atoms with Crippen LogP contribution in [0.25, 0.3) is 0 Å². The molecule has 0 fully saturated rings. The monoisotopic (exact) mass is 523 g/mol. The van der Waals surface area contributed by atoms with Gasteiger partial charge in [0.1, 0.15) is 12.4 Å². The molecule has 1 atom stereocenters. The summed E-state index contributed by atoms with van der Waals surface area (Å²) in [4.78, 5) is 8.36. The standard InChI is InChI=1S/C32H32N2O.HNO3/c1-25(34-20-19-32(29-11-4-2-5-12-29)30-13-6-3-7-14-30)21-26-15-17-31(18-16-26)35-24-28-10-8-9-27(22-28)23-33;2-1(3)4/h2-18,22,25,32,34H,19-21,24H2,1H3;(H,2,3,4). The molecule has 0 bridgehead atoms. The van der Waals surface area contributed by atoms with Gasteiger partial charge in [-0.2, -0.15) is 5.26 Å². The number of rotatable bonds is 11. The van der Waals surface area contributed by atoms with Crippen LogP contribution in [-0.2, 0) is 13.0 Å². The Balaban J connectivity index is 0.000000983. The lowest BCUT2D eigenvalue weighted by molar-refractivity contribution is -0.742. The number of benzene rings is 4. The first-order chi connectivity index (χ1) is 18.9. The minimum Gasteiger partial charge on any atom is -0.489 e. The zero-order valence-electron chi connectivity index (χ0n) is 21.9. The van der Waals surface area contributed by atoms with Crippen LogP contribution < -0.4 is 10.1 Å². The van der Waals surface area contributed by atoms with Crippen molar-refractivity contribution in [3.05, 3.63) is 147 Å². The number of nitrogens with zero attached hydrogens (tertiary/aromatic N) is 2. The molecule has 0 amide bonds. The second-order valence-corrected chi connectivity index (χ2v) is 9.20. The van der Waals surface area contributed by atoms with Crippen LogP contribution in [0, 0.1) is 21.4 Å². The Morgan fingerprint density at radius 3 is 2.05 bits per heavy atom. The van der Waals surface area contributed by atoms with E-state index < -0.39 is 5.09 Å². The van der Waals surface area contributed by atoms with Crippen LogP contribution in [0.1, 0.15) is 47.1 Å². The lowest BCUT2D eigenvalue weighted by Gasteiger charge is -2.20. The molecular formula is C32H33N3O4. The zero-order chi connectivity index (χ0) is 27.9. The molecule has 0 heterocycles. The van der Waals surface area contributed by atoms with Crippen LogP contribution in [0.5, 0.6) is 5.75 Å². The quantitative estimate of drug-likeness (QED) is 0.171. The van der Waals surface area contributed by atoms with Gasteiger partial charge in [-0.3, -0.25) is 0 Å². The molecule has 0 saturated heterocycles. The van der Waals surface area contributed by atoms with Crippen LogP contribution >= 0.6 is 0 Å². The fourth-order valence-corrected chi connectivity index (χ4v) is 4.42. The van der Waals surface area contributed by atoms with Crippen LogP contribution in [0.4, 0.5) is 0 Å². The van der Waals surface area contributed by atoms with Gasteiger partial charge in [0.2, 0.25) is 0 Å². The Kier molecular flexibility index (Phi) is 11.5. The number of nitrogens with one attached hydrogen (secondary N) is 1. The van der Waals surface area contributed by atoms with E-state index in [0.29, 0.717) is 24.1 Å². The second kappa shape index (κ2) is 15.6. The summed E-state index contributed by atoms with van der Waals surface area (Å²) in [6.07, 6.45) is 2.02. The van der Waals surface area contributed by atoms with Gasteiger partial charge in [-0.15, -0.1) is 10.1 Å². The Morgan fingerprint density at radius 2 is 1.49 bits per heavy atom. The maximum atomic E-state index is 9.04. The smallest absolute Gasteiger partial charge is 0.291 e. The predicted molar refractivity (Wildman–Crippen MR) is 151 cm³/mol. The Labute approximate surface area is 229 Å². The van der Waals surface area contributed by atoms with E-state index in [9.17, 15) is 0 Å². The molecule has 0 radical (unpaired) electrons. The first kappa shape index (κ1) is 28.9. The van der Waals surface area contributed by atoms with Gasteiger partial charge in [0.05, 0.1) is 11.6 Å². The normalized spacial score (nSPS) is 11.1. The van der Waals surface area contributed by atoms with Gasteiger partial charge in [0.15, 0.2) is 0 Å². The van der Waals surface area contributed by atoms with E-state index in [2.05, 4.69) is 91.1 Å². The third-order valence-corrected chi connectivity index (χ3v) is 6.26. The summed E-state index contributed by atoms with van der Waals surface area (Å²) in [6, 6.07) is 39.9. The summed E-state index contributed by atoms with van der Waals surface area (Å²) in [7, 11) is 0. The lowest BCUT2D eigenvalue weighted by Crippen LogP contribution is -2.30. The van der Waals surface area contributed by atoms with Crippen LogP contribution in [0.15, 0.2) is 109 Å². The molecule has 39 heavy (non-hydrogen) atoms. The Bertz CT molecular complexity index is 1280. The van der Waals surface area contributed by atoms with Crippen LogP contribution in [0.3, 0.4) is 0 Å². The van der Waals surface area contributed by atoms with Crippen molar-refractivity contribution >= 4 is 0 Å². The maximum absolute atomic E-state index is 9.04. The van der Waals surface area contributed by atoms with Crippen molar-refractivity contribution in [2.24, 2.45) is 0 Å². The van der Waals surface area contributed by atoms with Crippen molar-refractivity contribution in [2.75, 3.05) is 6.54 Å². The van der Waals surface area contributed by atoms with Crippen LogP contribution in [-0.4, -0.2) is 22.9 Å². The molecular weight excluding hydrogens is 490 g/mol. The molecule has 7 nitrogen and oxygen atoms in total. The van der Waals surface area contributed by atoms with Gasteiger partial charge < -0.3 is 15.3 Å². The summed E-state index contributed by atoms with van der Waals surface area (Å²) in [6.45, 7) is 3.65. The van der Waals surface area contributed by atoms with Crippen molar-refractivity contribution in [1.29, 1.82) is 5.26 Å². The maximum Gasteiger partial charge on any atom is 0.291 e. The summed E-state index contributed by atoms with van der Waals surface area (Å²) >= 11 is 0. The number of ether oxygens (including phenoxy) is 1. The molecule has 200 valence electrons. The van der Waals surface area contributed by atoms with E-state index in [-0.39, 0.29) is 0 Å². The van der Waals surface area contributed by atoms with Gasteiger partial charge in [-0.1, -0.05) is 84.9 Å². The van der Waals surface area contributed by atoms with E-state index >= 15 is 0 Å². The summed E-state index contributed by atoms with van der Waals surface area (Å²) in [5.74, 6) is 1.23. The van der Waals surface area contributed by atoms with Gasteiger partial charge in [-0.05, 0) is 72.8 Å². The topological polar surface area (TPSA) is 108 Å². The molecule has 4 aromatic carbocycles. The molecule has 1 unspecified atom stereocenters. The van der Waals surface area contributed by atoms with E-state index in [0.717, 1.165) is 30.7 Å². The fraction of sp³-hybridized carbons (Fsp3) is 0.219. The SMILES string of the molecule is CC(Cc1ccc(OCc2cccc(C#N)c2)cc1)NCCC(c1ccccc1)c1ccccc1.O=[N+]([O-])O. The molecule has 4 rings (SSSR count). The lowest BCUT2D eigenvalue weighted by atomic mass is 9.88. The minimum absolute atomic E-state index is 0.377. The van der Waals surface area contributed by atoms with Crippen molar-refractivity contribution in [2.45, 2.75) is 38.3 Å². The van der Waals surface area contributed by atoms with E-state index in [1.165, 1.54) is 16.7 Å². The van der Waals surface area contributed by atoms with Crippen molar-refractivity contribution < 1.29 is 15.0 Å². The van der Waals surface area contributed by atoms with E-state index in [1.54, 1.807) is 6.07 Å². The highest BCUT2D eigenvalue weighted by molar-refractivity contribution is 5.34. The summed E-state index contributed by atoms with van der Waals surface area (Å²) in [5, 5.41) is 26.4. The van der Waals surface area contributed by atoms with Gasteiger partial charge in [0.25, 0.3) is 5.09 Å². The molecule has 0 saturated carbocycles. The third kappa shape index (κ3) is 10.3. The fourth-order valence-electron chi connectivity index (χ4n) is 4.42. The van der Waals surface area contributed by atoms with Gasteiger partial charge in [-0.25, -0.2) is 0 Å². The van der Waals surface area contributed by atoms with Crippen molar-refractivity contribution in [3.63, 3.8) is 0 Å². The second-order valence-electron chi connectivity index (χ2n) is 9.20. The Hall–Kier alpha value is -4.67. The Morgan fingerprint density at radius 1 is 0.897 bits per heavy atom. The molecule has 2 N–H and O–H groups in total. The summed E-state index contributed by atoms with van der Waals surface area (Å²) < 4.78 is 5.90. The average Bonchev–Trinajstić information content (AvgIpc) is 2.96. The highest BCUT2D eigenvalue weighted by Gasteiger charge is 2.14. The third-order valence-electron chi connectivity index (χ3n) is 6.26. The van der Waals surface area contributed by atoms with Crippen molar-refractivity contribution in [3.8, 4) is 11.8 Å². The van der Waals surface area contributed by atoms with Crippen LogP contribution in [0.2, 0.25) is 0 Å². The molecule has 7 heteroatoms. The molecule has 0 aliphatic heterocycles. The highest BCUT2D eigenvalue weighted by Crippen LogP contribution is 2.27. The highest BCUT2D eigenvalue weighted by atomic mass is 16.9. The largest absolute Gasteiger partial charge is 0.489 e. The predicted octanol–water partition coefficient (Wildman–Crippen LogP) is 6.53. The zero-order valence-corrected chi connectivity index (χ0v) is 21.9. The molecule has 0 spiro atoms. The van der Waals surface area contributed by atoms with E-state index in [1.807, 2.05) is 30.3 Å².